The summed E-state index contributed by atoms with van der Waals surface area (Å²) in [6.45, 7) is 8.89. The monoisotopic (exact) mass is 290 g/mol. The van der Waals surface area contributed by atoms with Gasteiger partial charge >= 0.3 is 0 Å². The van der Waals surface area contributed by atoms with Crippen LogP contribution < -0.4 is 10.5 Å². The molecule has 2 rings (SSSR count). The zero-order valence-electron chi connectivity index (χ0n) is 13.3. The van der Waals surface area contributed by atoms with Crippen molar-refractivity contribution in [2.45, 2.75) is 33.6 Å². The molecule has 4 nitrogen and oxygen atoms in total. The van der Waals surface area contributed by atoms with Crippen molar-refractivity contribution in [2.75, 3.05) is 25.4 Å². The normalized spacial score (nSPS) is 18.8. The van der Waals surface area contributed by atoms with E-state index in [4.69, 9.17) is 10.5 Å². The topological polar surface area (TPSA) is 55.6 Å². The van der Waals surface area contributed by atoms with Gasteiger partial charge in [-0.3, -0.25) is 4.79 Å². The average Bonchev–Trinajstić information content (AvgIpc) is 2.88. The van der Waals surface area contributed by atoms with Gasteiger partial charge in [-0.05, 0) is 29.9 Å². The largest absolute Gasteiger partial charge is 0.493 e. The van der Waals surface area contributed by atoms with E-state index in [0.29, 0.717) is 24.6 Å². The number of nitrogens with two attached hydrogens (primary N) is 1. The van der Waals surface area contributed by atoms with Gasteiger partial charge in [-0.25, -0.2) is 0 Å². The zero-order chi connectivity index (χ0) is 15.5. The molecule has 0 bridgehead atoms. The predicted molar refractivity (Wildman–Crippen MR) is 85.1 cm³/mol. The molecule has 116 valence electrons. The number of ether oxygens (including phenoxy) is 1. The highest BCUT2D eigenvalue weighted by molar-refractivity contribution is 5.76. The molecular formula is C17H26N2O2. The molecule has 1 aliphatic rings. The van der Waals surface area contributed by atoms with Crippen LogP contribution in [0.5, 0.6) is 5.75 Å². The molecule has 0 saturated carbocycles. The zero-order valence-corrected chi connectivity index (χ0v) is 13.3. The van der Waals surface area contributed by atoms with E-state index < -0.39 is 0 Å². The van der Waals surface area contributed by atoms with Crippen molar-refractivity contribution in [3.05, 3.63) is 24.3 Å². The second-order valence-corrected chi connectivity index (χ2v) is 6.86. The lowest BCUT2D eigenvalue weighted by atomic mass is 9.80. The first-order valence-corrected chi connectivity index (χ1v) is 7.62. The number of benzene rings is 1. The minimum absolute atomic E-state index is 0.186. The van der Waals surface area contributed by atoms with E-state index in [0.717, 1.165) is 25.3 Å². The van der Waals surface area contributed by atoms with E-state index in [-0.39, 0.29) is 11.3 Å². The maximum Gasteiger partial charge on any atom is 0.226 e. The van der Waals surface area contributed by atoms with Crippen LogP contribution in [0.1, 0.15) is 33.6 Å². The Morgan fingerprint density at radius 2 is 2.19 bits per heavy atom. The third-order valence-electron chi connectivity index (χ3n) is 4.21. The fourth-order valence-corrected chi connectivity index (χ4v) is 2.71. The van der Waals surface area contributed by atoms with Crippen LogP contribution in [0.4, 0.5) is 5.69 Å². The number of rotatable bonds is 4. The maximum absolute atomic E-state index is 12.2. The second-order valence-electron chi connectivity index (χ2n) is 6.86. The number of nitrogens with zero attached hydrogens (tertiary/aromatic N) is 1. The lowest BCUT2D eigenvalue weighted by Gasteiger charge is -2.27. The Morgan fingerprint density at radius 3 is 2.81 bits per heavy atom. The fourth-order valence-electron chi connectivity index (χ4n) is 2.71. The van der Waals surface area contributed by atoms with Gasteiger partial charge in [0.05, 0.1) is 13.0 Å². The molecule has 1 fully saturated rings. The van der Waals surface area contributed by atoms with Crippen LogP contribution in [-0.2, 0) is 4.79 Å². The van der Waals surface area contributed by atoms with Crippen molar-refractivity contribution in [3.8, 4) is 5.75 Å². The summed E-state index contributed by atoms with van der Waals surface area (Å²) >= 11 is 0. The van der Waals surface area contributed by atoms with Crippen molar-refractivity contribution in [1.29, 1.82) is 0 Å². The Morgan fingerprint density at radius 1 is 1.43 bits per heavy atom. The summed E-state index contributed by atoms with van der Waals surface area (Å²) in [5, 5.41) is 0. The smallest absolute Gasteiger partial charge is 0.226 e. The van der Waals surface area contributed by atoms with Crippen LogP contribution in [0, 0.1) is 11.3 Å². The molecular weight excluding hydrogens is 264 g/mol. The predicted octanol–water partition coefficient (Wildman–Crippen LogP) is 2.93. The van der Waals surface area contributed by atoms with E-state index in [9.17, 15) is 4.79 Å². The number of likely N-dealkylation sites (tertiary alicyclic amines) is 1. The number of nitrogen functional groups attached to an aromatic ring is 1. The molecule has 4 heteroatoms. The van der Waals surface area contributed by atoms with Gasteiger partial charge in [-0.15, -0.1) is 0 Å². The lowest BCUT2D eigenvalue weighted by Crippen LogP contribution is -2.31. The molecule has 21 heavy (non-hydrogen) atoms. The summed E-state index contributed by atoms with van der Waals surface area (Å²) in [5.41, 5.74) is 6.63. The molecule has 1 amide bonds. The first-order valence-electron chi connectivity index (χ1n) is 7.62. The van der Waals surface area contributed by atoms with E-state index in [1.54, 1.807) is 6.07 Å². The average molecular weight is 290 g/mol. The maximum atomic E-state index is 12.2. The molecule has 0 aliphatic carbocycles. The minimum Gasteiger partial charge on any atom is -0.493 e. The van der Waals surface area contributed by atoms with Gasteiger partial charge in [0.1, 0.15) is 5.75 Å². The highest BCUT2D eigenvalue weighted by atomic mass is 16.5. The highest BCUT2D eigenvalue weighted by Gasteiger charge is 2.33. The Kier molecular flexibility index (Phi) is 4.76. The van der Waals surface area contributed by atoms with Crippen LogP contribution in [0.2, 0.25) is 0 Å². The molecule has 1 atom stereocenters. The molecule has 1 heterocycles. The van der Waals surface area contributed by atoms with Gasteiger partial charge in [0.2, 0.25) is 5.91 Å². The summed E-state index contributed by atoms with van der Waals surface area (Å²) in [7, 11) is 0. The van der Waals surface area contributed by atoms with Crippen molar-refractivity contribution in [2.24, 2.45) is 11.3 Å². The summed E-state index contributed by atoms with van der Waals surface area (Å²) in [6, 6.07) is 7.29. The van der Waals surface area contributed by atoms with E-state index >= 15 is 0 Å². The molecule has 0 radical (unpaired) electrons. The van der Waals surface area contributed by atoms with Crippen LogP contribution in [0.25, 0.3) is 0 Å². The van der Waals surface area contributed by atoms with Gasteiger partial charge in [-0.1, -0.05) is 26.8 Å². The third kappa shape index (κ3) is 4.38. The minimum atomic E-state index is 0.186. The Hall–Kier alpha value is -1.71. The number of carbonyl (C=O) groups excluding carboxylic acids is 1. The summed E-state index contributed by atoms with van der Waals surface area (Å²) in [6.07, 6.45) is 1.52. The van der Waals surface area contributed by atoms with E-state index in [1.807, 2.05) is 23.1 Å². The van der Waals surface area contributed by atoms with Gasteiger partial charge in [0, 0.05) is 24.8 Å². The van der Waals surface area contributed by atoms with Gasteiger partial charge < -0.3 is 15.4 Å². The molecule has 1 saturated heterocycles. The lowest BCUT2D eigenvalue weighted by molar-refractivity contribution is -0.130. The SMILES string of the molecule is CC(C)(C)C1CCN(C(=O)CCOc2cccc(N)c2)C1. The molecule has 1 aromatic carbocycles. The number of amides is 1. The van der Waals surface area contributed by atoms with Gasteiger partial charge in [-0.2, -0.15) is 0 Å². The highest BCUT2D eigenvalue weighted by Crippen LogP contribution is 2.33. The molecule has 1 aliphatic heterocycles. The number of anilines is 1. The summed E-state index contributed by atoms with van der Waals surface area (Å²) in [4.78, 5) is 14.2. The fraction of sp³-hybridized carbons (Fsp3) is 0.588. The van der Waals surface area contributed by atoms with Crippen LogP contribution in [-0.4, -0.2) is 30.5 Å². The summed E-state index contributed by atoms with van der Waals surface area (Å²) in [5.74, 6) is 1.50. The van der Waals surface area contributed by atoms with E-state index in [1.165, 1.54) is 0 Å². The van der Waals surface area contributed by atoms with Crippen LogP contribution in [0.15, 0.2) is 24.3 Å². The quantitative estimate of drug-likeness (QED) is 0.867. The standard InChI is InChI=1S/C17H26N2O2/c1-17(2,3)13-7-9-19(12-13)16(20)8-10-21-15-6-4-5-14(18)11-15/h4-6,11,13H,7-10,12,18H2,1-3H3. The van der Waals surface area contributed by atoms with Crippen molar-refractivity contribution >= 4 is 11.6 Å². The first kappa shape index (κ1) is 15.7. The molecule has 0 aromatic heterocycles. The van der Waals surface area contributed by atoms with Gasteiger partial charge in [0.25, 0.3) is 0 Å². The van der Waals surface area contributed by atoms with Crippen LogP contribution >= 0.6 is 0 Å². The molecule has 1 aromatic rings. The summed E-state index contributed by atoms with van der Waals surface area (Å²) < 4.78 is 5.58. The van der Waals surface area contributed by atoms with E-state index in [2.05, 4.69) is 20.8 Å². The number of hydrogen-bond acceptors (Lipinski definition) is 3. The third-order valence-corrected chi connectivity index (χ3v) is 4.21. The molecule has 0 spiro atoms. The van der Waals surface area contributed by atoms with Crippen LogP contribution in [0.3, 0.4) is 0 Å². The number of hydrogen-bond donors (Lipinski definition) is 1. The Labute approximate surface area is 127 Å². The Balaban J connectivity index is 1.76. The molecule has 2 N–H and O–H groups in total. The van der Waals surface area contributed by atoms with Crippen molar-refractivity contribution < 1.29 is 9.53 Å². The molecule has 1 unspecified atom stereocenters. The van der Waals surface area contributed by atoms with Gasteiger partial charge in [0.15, 0.2) is 0 Å². The number of carbonyl (C=O) groups is 1. The van der Waals surface area contributed by atoms with Crippen molar-refractivity contribution in [3.63, 3.8) is 0 Å². The van der Waals surface area contributed by atoms with Crippen molar-refractivity contribution in [1.82, 2.24) is 4.90 Å². The Bertz CT molecular complexity index is 494. The second kappa shape index (κ2) is 6.37. The first-order chi connectivity index (χ1) is 9.86.